The number of benzene rings is 3. The number of rotatable bonds is 10. The van der Waals surface area contributed by atoms with Gasteiger partial charge in [0.05, 0.1) is 31.9 Å². The molecule has 1 fully saturated rings. The maximum absolute atomic E-state index is 14.1. The molecule has 1 atom stereocenters. The van der Waals surface area contributed by atoms with E-state index in [4.69, 9.17) is 19.9 Å². The minimum atomic E-state index is -0.608. The Morgan fingerprint density at radius 2 is 1.84 bits per heavy atom. The average molecular weight is 612 g/mol. The number of hydrogen-bond acceptors (Lipinski definition) is 6. The molecule has 2 aliphatic rings. The van der Waals surface area contributed by atoms with Gasteiger partial charge in [-0.15, -0.1) is 0 Å². The SMILES string of the molecule is COCCNC(=O)[C@@H](Cc1ccc(O)cc1)c1cc(OC)cc2c1-c1c(C3CCCCC3)c3ccc(C(N)=O)cc3n1CCO2. The van der Waals surface area contributed by atoms with Crippen LogP contribution in [0.4, 0.5) is 0 Å². The normalized spacial score (nSPS) is 15.4. The number of phenols is 1. The summed E-state index contributed by atoms with van der Waals surface area (Å²) < 4.78 is 19.7. The Hall–Kier alpha value is -4.50. The van der Waals surface area contributed by atoms with Crippen LogP contribution in [-0.2, 0) is 22.5 Å². The van der Waals surface area contributed by atoms with E-state index >= 15 is 0 Å². The minimum absolute atomic E-state index is 0.141. The summed E-state index contributed by atoms with van der Waals surface area (Å²) in [5, 5.41) is 14.1. The number of hydrogen-bond donors (Lipinski definition) is 3. The van der Waals surface area contributed by atoms with Crippen molar-refractivity contribution in [3.05, 3.63) is 76.9 Å². The molecule has 2 amide bonds. The van der Waals surface area contributed by atoms with Crippen molar-refractivity contribution in [3.8, 4) is 28.5 Å². The summed E-state index contributed by atoms with van der Waals surface area (Å²) in [6.45, 7) is 1.73. The Bertz CT molecular complexity index is 1700. The predicted octanol–water partition coefficient (Wildman–Crippen LogP) is 5.65. The molecule has 0 unspecified atom stereocenters. The minimum Gasteiger partial charge on any atom is -0.508 e. The summed E-state index contributed by atoms with van der Waals surface area (Å²) in [5.74, 6) is 0.539. The molecule has 6 rings (SSSR count). The summed E-state index contributed by atoms with van der Waals surface area (Å²) >= 11 is 0. The van der Waals surface area contributed by atoms with Gasteiger partial charge in [-0.3, -0.25) is 9.59 Å². The zero-order chi connectivity index (χ0) is 31.5. The highest BCUT2D eigenvalue weighted by Gasteiger charge is 2.35. The van der Waals surface area contributed by atoms with Crippen molar-refractivity contribution in [3.63, 3.8) is 0 Å². The number of fused-ring (bicyclic) bond motifs is 5. The van der Waals surface area contributed by atoms with Gasteiger partial charge in [-0.25, -0.2) is 0 Å². The lowest BCUT2D eigenvalue weighted by Gasteiger charge is -2.26. The topological polar surface area (TPSA) is 125 Å². The van der Waals surface area contributed by atoms with Gasteiger partial charge in [0.2, 0.25) is 11.8 Å². The molecule has 9 nitrogen and oxygen atoms in total. The molecule has 0 bridgehead atoms. The molecule has 1 saturated carbocycles. The van der Waals surface area contributed by atoms with Crippen LogP contribution in [0.5, 0.6) is 17.2 Å². The first-order chi connectivity index (χ1) is 21.9. The standard InChI is InChI=1S/C36H41N3O6/c1-43-16-14-38-36(42)29(18-22-8-11-25(40)12-9-22)28-20-26(44-2)21-31-33(28)34-32(23-6-4-3-5-7-23)27-13-10-24(35(37)41)19-30(27)39(34)15-17-45-31/h8-13,19-21,23,29,40H,3-7,14-18H2,1-2H3,(H2,37,41)(H,38,42)/t29-/m0/s1. The zero-order valence-corrected chi connectivity index (χ0v) is 25.9. The van der Waals surface area contributed by atoms with E-state index in [2.05, 4.69) is 9.88 Å². The molecular formula is C36H41N3O6. The maximum Gasteiger partial charge on any atom is 0.248 e. The van der Waals surface area contributed by atoms with Crippen molar-refractivity contribution in [2.24, 2.45) is 5.73 Å². The molecule has 236 valence electrons. The van der Waals surface area contributed by atoms with E-state index in [1.165, 1.54) is 12.0 Å². The first kappa shape index (κ1) is 30.5. The fraction of sp³-hybridized carbons (Fsp3) is 0.389. The largest absolute Gasteiger partial charge is 0.508 e. The Balaban J connectivity index is 1.62. The van der Waals surface area contributed by atoms with E-state index in [1.54, 1.807) is 26.4 Å². The van der Waals surface area contributed by atoms with Crippen LogP contribution < -0.4 is 20.5 Å². The molecule has 0 spiro atoms. The Labute approximate surface area is 263 Å². The molecule has 3 aromatic carbocycles. The van der Waals surface area contributed by atoms with Gasteiger partial charge in [-0.2, -0.15) is 0 Å². The highest BCUT2D eigenvalue weighted by Crippen LogP contribution is 2.50. The number of methoxy groups -OCH3 is 2. The molecule has 1 aromatic heterocycles. The lowest BCUT2D eigenvalue weighted by molar-refractivity contribution is -0.122. The Kier molecular flexibility index (Phi) is 8.98. The first-order valence-electron chi connectivity index (χ1n) is 15.7. The number of aromatic nitrogens is 1. The number of nitrogens with zero attached hydrogens (tertiary/aromatic N) is 1. The van der Waals surface area contributed by atoms with Crippen molar-refractivity contribution < 1.29 is 28.9 Å². The highest BCUT2D eigenvalue weighted by molar-refractivity contribution is 6.01. The van der Waals surface area contributed by atoms with Crippen molar-refractivity contribution in [1.82, 2.24) is 9.88 Å². The zero-order valence-electron chi connectivity index (χ0n) is 25.9. The third-order valence-electron chi connectivity index (χ3n) is 9.23. The second-order valence-electron chi connectivity index (χ2n) is 12.0. The van der Waals surface area contributed by atoms with Crippen LogP contribution in [0, 0.1) is 0 Å². The van der Waals surface area contributed by atoms with Crippen LogP contribution in [-0.4, -0.2) is 55.5 Å². The number of carbonyl (C=O) groups excluding carboxylic acids is 2. The maximum atomic E-state index is 14.1. The van der Waals surface area contributed by atoms with Crippen molar-refractivity contribution in [2.45, 2.75) is 56.9 Å². The number of nitrogens with one attached hydrogen (secondary N) is 1. The number of ether oxygens (including phenoxy) is 3. The molecule has 45 heavy (non-hydrogen) atoms. The Morgan fingerprint density at radius 3 is 2.56 bits per heavy atom. The second-order valence-corrected chi connectivity index (χ2v) is 12.0. The molecule has 1 aliphatic heterocycles. The van der Waals surface area contributed by atoms with Gasteiger partial charge < -0.3 is 34.9 Å². The third-order valence-corrected chi connectivity index (χ3v) is 9.23. The van der Waals surface area contributed by atoms with Crippen LogP contribution in [0.2, 0.25) is 0 Å². The lowest BCUT2D eigenvalue weighted by atomic mass is 9.79. The second kappa shape index (κ2) is 13.2. The van der Waals surface area contributed by atoms with E-state index < -0.39 is 11.8 Å². The number of amides is 2. The van der Waals surface area contributed by atoms with Crippen LogP contribution in [0.3, 0.4) is 0 Å². The van der Waals surface area contributed by atoms with Crippen LogP contribution >= 0.6 is 0 Å². The molecule has 4 aromatic rings. The third kappa shape index (κ3) is 6.09. The fourth-order valence-corrected chi connectivity index (χ4v) is 7.06. The van der Waals surface area contributed by atoms with Crippen LogP contribution in [0.1, 0.15) is 71.0 Å². The van der Waals surface area contributed by atoms with E-state index in [0.717, 1.165) is 59.0 Å². The predicted molar refractivity (Wildman–Crippen MR) is 173 cm³/mol. The van der Waals surface area contributed by atoms with Crippen LogP contribution in [0.25, 0.3) is 22.2 Å². The smallest absolute Gasteiger partial charge is 0.248 e. The van der Waals surface area contributed by atoms with Crippen molar-refractivity contribution >= 4 is 22.7 Å². The molecule has 0 radical (unpaired) electrons. The molecule has 0 saturated heterocycles. The monoisotopic (exact) mass is 611 g/mol. The quantitative estimate of drug-likeness (QED) is 0.199. The molecule has 4 N–H and O–H groups in total. The molecule has 2 heterocycles. The van der Waals surface area contributed by atoms with Gasteiger partial charge in [0.25, 0.3) is 0 Å². The van der Waals surface area contributed by atoms with Gasteiger partial charge >= 0.3 is 0 Å². The summed E-state index contributed by atoms with van der Waals surface area (Å²) in [4.78, 5) is 26.4. The van der Waals surface area contributed by atoms with Gasteiger partial charge in [-0.1, -0.05) is 37.5 Å². The van der Waals surface area contributed by atoms with E-state index in [1.807, 2.05) is 42.5 Å². The highest BCUT2D eigenvalue weighted by atomic mass is 16.5. The fourth-order valence-electron chi connectivity index (χ4n) is 7.06. The summed E-state index contributed by atoms with van der Waals surface area (Å²) in [5.41, 5.74) is 12.0. The lowest BCUT2D eigenvalue weighted by Crippen LogP contribution is -2.33. The average Bonchev–Trinajstić information content (AvgIpc) is 3.24. The number of carbonyl (C=O) groups is 2. The molecule has 1 aliphatic carbocycles. The van der Waals surface area contributed by atoms with Crippen LogP contribution in [0.15, 0.2) is 54.6 Å². The van der Waals surface area contributed by atoms with Gasteiger partial charge in [0, 0.05) is 41.8 Å². The van der Waals surface area contributed by atoms with Gasteiger partial charge in [-0.05, 0) is 72.2 Å². The number of primary amides is 1. The van der Waals surface area contributed by atoms with Gasteiger partial charge in [0.15, 0.2) is 0 Å². The summed E-state index contributed by atoms with van der Waals surface area (Å²) in [6, 6.07) is 16.6. The molecule has 9 heteroatoms. The summed E-state index contributed by atoms with van der Waals surface area (Å²) in [6.07, 6.45) is 6.05. The molecular weight excluding hydrogens is 570 g/mol. The number of nitrogens with two attached hydrogens (primary N) is 1. The summed E-state index contributed by atoms with van der Waals surface area (Å²) in [7, 11) is 3.22. The van der Waals surface area contributed by atoms with E-state index in [9.17, 15) is 14.7 Å². The Morgan fingerprint density at radius 1 is 1.07 bits per heavy atom. The van der Waals surface area contributed by atoms with Crippen molar-refractivity contribution in [2.75, 3.05) is 34.0 Å². The van der Waals surface area contributed by atoms with Gasteiger partial charge in [0.1, 0.15) is 23.9 Å². The number of phenolic OH excluding ortho intramolecular Hbond substituents is 1. The number of aromatic hydroxyl groups is 1. The van der Waals surface area contributed by atoms with Crippen molar-refractivity contribution in [1.29, 1.82) is 0 Å². The van der Waals surface area contributed by atoms with E-state index in [-0.39, 0.29) is 11.7 Å². The first-order valence-corrected chi connectivity index (χ1v) is 15.7. The van der Waals surface area contributed by atoms with E-state index in [0.29, 0.717) is 55.7 Å².